The summed E-state index contributed by atoms with van der Waals surface area (Å²) in [4.78, 5) is 0. The van der Waals surface area contributed by atoms with Gasteiger partial charge in [0, 0.05) is 25.2 Å². The molecule has 0 spiro atoms. The quantitative estimate of drug-likeness (QED) is 0.450. The molecule has 0 atom stereocenters. The Morgan fingerprint density at radius 2 is 1.82 bits per heavy atom. The van der Waals surface area contributed by atoms with Gasteiger partial charge in [0.1, 0.15) is 17.4 Å². The van der Waals surface area contributed by atoms with E-state index in [1.54, 1.807) is 22.7 Å². The Labute approximate surface area is 191 Å². The summed E-state index contributed by atoms with van der Waals surface area (Å²) in [6.45, 7) is 4.75. The van der Waals surface area contributed by atoms with Crippen LogP contribution in [0.5, 0.6) is 5.75 Å². The normalized spacial score (nSPS) is 15.5. The molecular formula is C25H26FN5O2. The third-order valence-corrected chi connectivity index (χ3v) is 6.21. The van der Waals surface area contributed by atoms with Crippen LogP contribution in [0.3, 0.4) is 0 Å². The number of hydrogen-bond donors (Lipinski definition) is 1. The number of anilines is 1. The lowest BCUT2D eigenvalue weighted by Crippen LogP contribution is -2.40. The third kappa shape index (κ3) is 4.26. The van der Waals surface area contributed by atoms with E-state index in [0.717, 1.165) is 18.6 Å². The van der Waals surface area contributed by atoms with Crippen molar-refractivity contribution < 1.29 is 13.9 Å². The number of aromatic nitrogens is 4. The van der Waals surface area contributed by atoms with Gasteiger partial charge in [-0.05, 0) is 61.7 Å². The van der Waals surface area contributed by atoms with E-state index < -0.39 is 0 Å². The Morgan fingerprint density at radius 1 is 1.03 bits per heavy atom. The van der Waals surface area contributed by atoms with E-state index in [9.17, 15) is 4.39 Å². The van der Waals surface area contributed by atoms with E-state index in [0.29, 0.717) is 49.2 Å². The van der Waals surface area contributed by atoms with Gasteiger partial charge in [-0.15, -0.1) is 15.3 Å². The molecule has 1 aliphatic heterocycles. The van der Waals surface area contributed by atoms with E-state index in [4.69, 9.17) is 9.47 Å². The zero-order valence-corrected chi connectivity index (χ0v) is 18.5. The molecule has 170 valence electrons. The molecule has 5 rings (SSSR count). The minimum atomic E-state index is -0.358. The summed E-state index contributed by atoms with van der Waals surface area (Å²) in [5.74, 6) is 1.57. The van der Waals surface area contributed by atoms with Crippen molar-refractivity contribution >= 4 is 11.5 Å². The van der Waals surface area contributed by atoms with Crippen molar-refractivity contribution in [1.29, 1.82) is 0 Å². The number of halogens is 1. The van der Waals surface area contributed by atoms with Gasteiger partial charge >= 0.3 is 0 Å². The van der Waals surface area contributed by atoms with Gasteiger partial charge < -0.3 is 14.8 Å². The molecule has 1 fully saturated rings. The fourth-order valence-corrected chi connectivity index (χ4v) is 4.35. The van der Waals surface area contributed by atoms with Gasteiger partial charge in [-0.25, -0.2) is 4.39 Å². The van der Waals surface area contributed by atoms with Gasteiger partial charge in [0.2, 0.25) is 0 Å². The van der Waals surface area contributed by atoms with Crippen LogP contribution in [0, 0.1) is 5.82 Å². The molecule has 1 aliphatic rings. The molecule has 1 saturated heterocycles. The smallest absolute Gasteiger partial charge is 0.188 e. The average molecular weight is 448 g/mol. The zero-order valence-electron chi connectivity index (χ0n) is 18.5. The van der Waals surface area contributed by atoms with E-state index >= 15 is 0 Å². The van der Waals surface area contributed by atoms with Gasteiger partial charge in [-0.3, -0.25) is 0 Å². The van der Waals surface area contributed by atoms with Gasteiger partial charge in [0.05, 0.1) is 12.2 Å². The van der Waals surface area contributed by atoms with Crippen LogP contribution in [0.4, 0.5) is 10.2 Å². The molecule has 0 aliphatic carbocycles. The predicted molar refractivity (Wildman–Crippen MR) is 124 cm³/mol. The minimum absolute atomic E-state index is 0.0822. The van der Waals surface area contributed by atoms with Crippen molar-refractivity contribution in [3.63, 3.8) is 0 Å². The lowest BCUT2D eigenvalue weighted by molar-refractivity contribution is 0.0543. The molecule has 0 radical (unpaired) electrons. The number of nitrogens with zero attached hydrogens (tertiary/aromatic N) is 4. The highest BCUT2D eigenvalue weighted by molar-refractivity contribution is 5.60. The van der Waals surface area contributed by atoms with Gasteiger partial charge in [-0.1, -0.05) is 24.3 Å². The fraction of sp³-hybridized carbons (Fsp3) is 0.320. The maximum absolute atomic E-state index is 14.3. The number of ether oxygens (including phenoxy) is 2. The zero-order chi connectivity index (χ0) is 22.7. The summed E-state index contributed by atoms with van der Waals surface area (Å²) in [6, 6.07) is 18.6. The summed E-state index contributed by atoms with van der Waals surface area (Å²) >= 11 is 0. The van der Waals surface area contributed by atoms with Gasteiger partial charge in [0.25, 0.3) is 0 Å². The second kappa shape index (κ2) is 9.15. The summed E-state index contributed by atoms with van der Waals surface area (Å²) < 4.78 is 27.2. The van der Waals surface area contributed by atoms with Gasteiger partial charge in [0.15, 0.2) is 11.5 Å². The van der Waals surface area contributed by atoms with E-state index in [1.165, 1.54) is 11.6 Å². The third-order valence-electron chi connectivity index (χ3n) is 6.21. The van der Waals surface area contributed by atoms with Crippen molar-refractivity contribution in [3.05, 3.63) is 72.0 Å². The van der Waals surface area contributed by atoms with Crippen LogP contribution in [0.1, 0.15) is 25.3 Å². The molecule has 0 saturated carbocycles. The SMILES string of the molecule is CCOc1ccc(C2(CNc3ccc4nnc(-c5ccccc5F)n4n3)CCOCC2)cc1. The maximum Gasteiger partial charge on any atom is 0.188 e. The lowest BCUT2D eigenvalue weighted by Gasteiger charge is -2.38. The van der Waals surface area contributed by atoms with Crippen LogP contribution in [0.15, 0.2) is 60.7 Å². The first kappa shape index (κ1) is 21.3. The van der Waals surface area contributed by atoms with Crippen molar-refractivity contribution in [2.45, 2.75) is 25.2 Å². The molecule has 0 amide bonds. The number of rotatable bonds is 7. The second-order valence-electron chi connectivity index (χ2n) is 8.20. The monoisotopic (exact) mass is 447 g/mol. The lowest BCUT2D eigenvalue weighted by atomic mass is 9.74. The van der Waals surface area contributed by atoms with Crippen LogP contribution < -0.4 is 10.1 Å². The molecule has 8 heteroatoms. The highest BCUT2D eigenvalue weighted by Crippen LogP contribution is 2.36. The molecule has 33 heavy (non-hydrogen) atoms. The molecule has 4 aromatic rings. The Balaban J connectivity index is 1.42. The van der Waals surface area contributed by atoms with Crippen molar-refractivity contribution in [1.82, 2.24) is 19.8 Å². The van der Waals surface area contributed by atoms with Crippen LogP contribution in [-0.4, -0.2) is 46.2 Å². The van der Waals surface area contributed by atoms with Crippen molar-refractivity contribution in [2.24, 2.45) is 0 Å². The number of benzene rings is 2. The largest absolute Gasteiger partial charge is 0.494 e. The van der Waals surface area contributed by atoms with Crippen molar-refractivity contribution in [3.8, 4) is 17.1 Å². The summed E-state index contributed by atoms with van der Waals surface area (Å²) in [6.07, 6.45) is 1.81. The summed E-state index contributed by atoms with van der Waals surface area (Å²) in [5, 5.41) is 16.5. The molecule has 2 aromatic carbocycles. The topological polar surface area (TPSA) is 73.6 Å². The predicted octanol–water partition coefficient (Wildman–Crippen LogP) is 4.49. The Morgan fingerprint density at radius 3 is 2.58 bits per heavy atom. The summed E-state index contributed by atoms with van der Waals surface area (Å²) in [5.41, 5.74) is 2.09. The first-order chi connectivity index (χ1) is 16.2. The molecule has 3 heterocycles. The molecule has 2 aromatic heterocycles. The Hall–Kier alpha value is -3.52. The summed E-state index contributed by atoms with van der Waals surface area (Å²) in [7, 11) is 0. The number of nitrogens with one attached hydrogen (secondary N) is 1. The van der Waals surface area contributed by atoms with E-state index in [1.807, 2.05) is 31.2 Å². The van der Waals surface area contributed by atoms with E-state index in [-0.39, 0.29) is 11.2 Å². The average Bonchev–Trinajstić information content (AvgIpc) is 3.27. The second-order valence-corrected chi connectivity index (χ2v) is 8.20. The van der Waals surface area contributed by atoms with Gasteiger partial charge in [-0.2, -0.15) is 4.52 Å². The van der Waals surface area contributed by atoms with Crippen LogP contribution in [0.2, 0.25) is 0 Å². The molecule has 0 unspecified atom stereocenters. The first-order valence-corrected chi connectivity index (χ1v) is 11.2. The van der Waals surface area contributed by atoms with Crippen LogP contribution in [-0.2, 0) is 10.2 Å². The standard InChI is InChI=1S/C25H26FN5O2/c1-2-33-19-9-7-18(8-10-19)25(13-15-32-16-14-25)17-27-22-11-12-23-28-29-24(31(23)30-22)20-5-3-4-6-21(20)26/h3-12H,2,13-17H2,1H3,(H,27,30). The highest BCUT2D eigenvalue weighted by atomic mass is 19.1. The Kier molecular flexibility index (Phi) is 5.92. The van der Waals surface area contributed by atoms with Crippen LogP contribution in [0.25, 0.3) is 17.0 Å². The molecule has 7 nitrogen and oxygen atoms in total. The molecule has 0 bridgehead atoms. The minimum Gasteiger partial charge on any atom is -0.494 e. The molecule has 1 N–H and O–H groups in total. The molecular weight excluding hydrogens is 421 g/mol. The van der Waals surface area contributed by atoms with Crippen molar-refractivity contribution in [2.75, 3.05) is 31.7 Å². The first-order valence-electron chi connectivity index (χ1n) is 11.2. The van der Waals surface area contributed by atoms with Crippen LogP contribution >= 0.6 is 0 Å². The number of fused-ring (bicyclic) bond motifs is 1. The number of hydrogen-bond acceptors (Lipinski definition) is 6. The maximum atomic E-state index is 14.3. The Bertz CT molecular complexity index is 1240. The fourth-order valence-electron chi connectivity index (χ4n) is 4.35. The highest BCUT2D eigenvalue weighted by Gasteiger charge is 2.34. The van der Waals surface area contributed by atoms with E-state index in [2.05, 4.69) is 32.7 Å².